The lowest BCUT2D eigenvalue weighted by molar-refractivity contribution is 0.234. The van der Waals surface area contributed by atoms with E-state index in [0.29, 0.717) is 0 Å². The molecular weight excluding hydrogens is 292 g/mol. The van der Waals surface area contributed by atoms with E-state index < -0.39 is 0 Å². The van der Waals surface area contributed by atoms with Crippen molar-refractivity contribution in [3.8, 4) is 0 Å². The highest BCUT2D eigenvalue weighted by Gasteiger charge is 2.24. The van der Waals surface area contributed by atoms with Crippen molar-refractivity contribution in [2.75, 3.05) is 31.1 Å². The average Bonchev–Trinajstić information content (AvgIpc) is 2.59. The molecule has 4 heterocycles. The zero-order valence-corrected chi connectivity index (χ0v) is 13.4. The van der Waals surface area contributed by atoms with Crippen LogP contribution in [0.3, 0.4) is 0 Å². The highest BCUT2D eigenvalue weighted by molar-refractivity contribution is 7.99. The third-order valence-electron chi connectivity index (χ3n) is 4.41. The van der Waals surface area contributed by atoms with Crippen molar-refractivity contribution < 1.29 is 0 Å². The number of anilines is 2. The molecule has 0 aliphatic carbocycles. The van der Waals surface area contributed by atoms with Crippen molar-refractivity contribution in [1.29, 1.82) is 0 Å². The van der Waals surface area contributed by atoms with Gasteiger partial charge in [-0.3, -0.25) is 9.97 Å². The molecule has 2 aromatic rings. The zero-order valence-electron chi connectivity index (χ0n) is 12.6. The summed E-state index contributed by atoms with van der Waals surface area (Å²) in [6.07, 6.45) is 11.8. The summed E-state index contributed by atoms with van der Waals surface area (Å²) >= 11 is 1.79. The first-order chi connectivity index (χ1) is 10.9. The number of likely N-dealkylation sites (tertiary alicyclic amines) is 1. The van der Waals surface area contributed by atoms with Crippen molar-refractivity contribution in [3.05, 3.63) is 36.9 Å². The first kappa shape index (κ1) is 14.0. The van der Waals surface area contributed by atoms with Gasteiger partial charge >= 0.3 is 0 Å². The van der Waals surface area contributed by atoms with Gasteiger partial charge in [-0.25, -0.2) is 0 Å². The Morgan fingerprint density at radius 1 is 0.864 bits per heavy atom. The van der Waals surface area contributed by atoms with E-state index in [1.165, 1.54) is 53.5 Å². The van der Waals surface area contributed by atoms with Gasteiger partial charge in [0.25, 0.3) is 0 Å². The number of nitrogens with zero attached hydrogens (tertiary/aromatic N) is 4. The quantitative estimate of drug-likeness (QED) is 0.865. The van der Waals surface area contributed by atoms with E-state index in [1.54, 1.807) is 11.8 Å². The van der Waals surface area contributed by atoms with Crippen molar-refractivity contribution in [3.63, 3.8) is 0 Å². The number of hydrogen-bond acceptors (Lipinski definition) is 5. The fraction of sp³-hybridized carbons (Fsp3) is 0.412. The molecule has 5 heteroatoms. The summed E-state index contributed by atoms with van der Waals surface area (Å²) in [5.74, 6) is 0. The molecule has 0 bridgehead atoms. The SMILES string of the molecule is c1cc2c(cn1)Sc1ccncc1N2CCN1CCCCC1. The average molecular weight is 312 g/mol. The molecule has 1 saturated heterocycles. The van der Waals surface area contributed by atoms with E-state index >= 15 is 0 Å². The van der Waals surface area contributed by atoms with Crippen LogP contribution in [0.15, 0.2) is 46.7 Å². The highest BCUT2D eigenvalue weighted by atomic mass is 32.2. The van der Waals surface area contributed by atoms with Crippen molar-refractivity contribution in [2.45, 2.75) is 29.1 Å². The minimum absolute atomic E-state index is 1.01. The molecule has 22 heavy (non-hydrogen) atoms. The third kappa shape index (κ3) is 2.71. The van der Waals surface area contributed by atoms with Crippen LogP contribution in [-0.2, 0) is 0 Å². The lowest BCUT2D eigenvalue weighted by Crippen LogP contribution is -2.37. The number of aromatic nitrogens is 2. The Morgan fingerprint density at radius 3 is 2.59 bits per heavy atom. The van der Waals surface area contributed by atoms with Gasteiger partial charge in [0.05, 0.1) is 22.5 Å². The second kappa shape index (κ2) is 6.26. The highest BCUT2D eigenvalue weighted by Crippen LogP contribution is 2.46. The number of fused-ring (bicyclic) bond motifs is 2. The lowest BCUT2D eigenvalue weighted by atomic mass is 10.1. The van der Waals surface area contributed by atoms with Crippen LogP contribution in [0, 0.1) is 0 Å². The number of hydrogen-bond donors (Lipinski definition) is 0. The molecule has 0 amide bonds. The Labute approximate surface area is 135 Å². The molecule has 0 unspecified atom stereocenters. The number of pyridine rings is 2. The molecule has 4 rings (SSSR count). The zero-order chi connectivity index (χ0) is 14.8. The number of rotatable bonds is 3. The van der Waals surface area contributed by atoms with Gasteiger partial charge in [-0.15, -0.1) is 0 Å². The van der Waals surface area contributed by atoms with Gasteiger partial charge in [-0.1, -0.05) is 18.2 Å². The summed E-state index contributed by atoms with van der Waals surface area (Å²) in [5, 5.41) is 0. The Bertz CT molecular complexity index is 609. The summed E-state index contributed by atoms with van der Waals surface area (Å²) in [5.41, 5.74) is 2.49. The maximum atomic E-state index is 4.33. The van der Waals surface area contributed by atoms with Gasteiger partial charge in [-0.05, 0) is 38.1 Å². The molecule has 114 valence electrons. The summed E-state index contributed by atoms with van der Waals surface area (Å²) in [6, 6.07) is 4.22. The van der Waals surface area contributed by atoms with Crippen molar-refractivity contribution >= 4 is 23.1 Å². The molecule has 1 fully saturated rings. The van der Waals surface area contributed by atoms with Crippen LogP contribution in [0.5, 0.6) is 0 Å². The summed E-state index contributed by atoms with van der Waals surface area (Å²) in [7, 11) is 0. The Morgan fingerprint density at radius 2 is 1.68 bits per heavy atom. The first-order valence-corrected chi connectivity index (χ1v) is 8.79. The molecule has 4 nitrogen and oxygen atoms in total. The summed E-state index contributed by atoms with van der Waals surface area (Å²) in [4.78, 5) is 16.1. The van der Waals surface area contributed by atoms with Crippen LogP contribution >= 0.6 is 11.8 Å². The van der Waals surface area contributed by atoms with Gasteiger partial charge in [-0.2, -0.15) is 0 Å². The van der Waals surface area contributed by atoms with E-state index in [2.05, 4.69) is 31.9 Å². The van der Waals surface area contributed by atoms with Crippen LogP contribution in [0.2, 0.25) is 0 Å². The smallest absolute Gasteiger partial charge is 0.0739 e. The largest absolute Gasteiger partial charge is 0.337 e. The molecule has 2 aliphatic rings. The van der Waals surface area contributed by atoms with Crippen LogP contribution in [0.4, 0.5) is 11.4 Å². The molecule has 0 atom stereocenters. The second-order valence-corrected chi connectivity index (χ2v) is 6.93. The van der Waals surface area contributed by atoms with Crippen LogP contribution in [-0.4, -0.2) is 41.0 Å². The van der Waals surface area contributed by atoms with Crippen LogP contribution < -0.4 is 4.90 Å². The summed E-state index contributed by atoms with van der Waals surface area (Å²) in [6.45, 7) is 4.61. The minimum Gasteiger partial charge on any atom is -0.337 e. The molecule has 2 aliphatic heterocycles. The molecule has 0 spiro atoms. The maximum Gasteiger partial charge on any atom is 0.0739 e. The molecule has 0 N–H and O–H groups in total. The van der Waals surface area contributed by atoms with Crippen molar-refractivity contribution in [2.24, 2.45) is 0 Å². The fourth-order valence-electron chi connectivity index (χ4n) is 3.25. The molecule has 0 radical (unpaired) electrons. The Kier molecular flexibility index (Phi) is 3.99. The van der Waals surface area contributed by atoms with Crippen LogP contribution in [0.25, 0.3) is 0 Å². The van der Waals surface area contributed by atoms with Gasteiger partial charge in [0.2, 0.25) is 0 Å². The van der Waals surface area contributed by atoms with E-state index in [1.807, 2.05) is 24.8 Å². The van der Waals surface area contributed by atoms with E-state index in [4.69, 9.17) is 0 Å². The van der Waals surface area contributed by atoms with Gasteiger partial charge in [0.1, 0.15) is 0 Å². The van der Waals surface area contributed by atoms with Gasteiger partial charge in [0.15, 0.2) is 0 Å². The van der Waals surface area contributed by atoms with E-state index in [9.17, 15) is 0 Å². The summed E-state index contributed by atoms with van der Waals surface area (Å²) < 4.78 is 0. The molecule has 0 saturated carbocycles. The molecule has 0 aromatic carbocycles. The standard InChI is InChI=1S/C17H20N4S/c1-2-8-20(9-3-1)10-11-21-14-4-6-19-13-17(14)22-16-5-7-18-12-15(16)21/h4-7,12-13H,1-3,8-11H2. The number of piperidine rings is 1. The third-order valence-corrected chi connectivity index (χ3v) is 5.51. The fourth-order valence-corrected chi connectivity index (χ4v) is 4.28. The molecular formula is C17H20N4S. The monoisotopic (exact) mass is 312 g/mol. The predicted molar refractivity (Wildman–Crippen MR) is 89.9 cm³/mol. The van der Waals surface area contributed by atoms with E-state index in [-0.39, 0.29) is 0 Å². The van der Waals surface area contributed by atoms with E-state index in [0.717, 1.165) is 13.1 Å². The van der Waals surface area contributed by atoms with Gasteiger partial charge in [0, 0.05) is 36.6 Å². The Balaban J connectivity index is 1.60. The maximum absolute atomic E-state index is 4.33. The second-order valence-electron chi connectivity index (χ2n) is 5.84. The predicted octanol–water partition coefficient (Wildman–Crippen LogP) is 3.57. The normalized spacial score (nSPS) is 17.9. The van der Waals surface area contributed by atoms with Gasteiger partial charge < -0.3 is 9.80 Å². The molecule has 2 aromatic heterocycles. The lowest BCUT2D eigenvalue weighted by Gasteiger charge is -2.34. The topological polar surface area (TPSA) is 32.3 Å². The van der Waals surface area contributed by atoms with Crippen molar-refractivity contribution in [1.82, 2.24) is 14.9 Å². The Hall–Kier alpha value is -1.59. The minimum atomic E-state index is 1.01. The van der Waals surface area contributed by atoms with Crippen LogP contribution in [0.1, 0.15) is 19.3 Å². The first-order valence-electron chi connectivity index (χ1n) is 7.97.